The highest BCUT2D eigenvalue weighted by Gasteiger charge is 2.23. The van der Waals surface area contributed by atoms with Gasteiger partial charge in [-0.1, -0.05) is 25.7 Å². The summed E-state index contributed by atoms with van der Waals surface area (Å²) in [6, 6.07) is 0.773. The van der Waals surface area contributed by atoms with Crippen molar-refractivity contribution in [2.24, 2.45) is 5.92 Å². The van der Waals surface area contributed by atoms with Gasteiger partial charge in [0.15, 0.2) is 0 Å². The number of carbonyl (C=O) groups excluding carboxylic acids is 1. The van der Waals surface area contributed by atoms with Crippen LogP contribution in [0.1, 0.15) is 51.4 Å². The van der Waals surface area contributed by atoms with Crippen LogP contribution in [-0.4, -0.2) is 55.6 Å². The van der Waals surface area contributed by atoms with Crippen molar-refractivity contribution >= 4 is 6.03 Å². The van der Waals surface area contributed by atoms with E-state index in [9.17, 15) is 4.79 Å². The van der Waals surface area contributed by atoms with Gasteiger partial charge in [-0.05, 0) is 38.1 Å². The molecule has 1 aliphatic heterocycles. The van der Waals surface area contributed by atoms with E-state index in [1.54, 1.807) is 4.90 Å². The summed E-state index contributed by atoms with van der Waals surface area (Å²) in [6.07, 6.45) is 10.8. The van der Waals surface area contributed by atoms with Crippen molar-refractivity contribution in [1.82, 2.24) is 15.1 Å². The maximum Gasteiger partial charge on any atom is 0.319 e. The fraction of sp³-hybridized carbons (Fsp3) is 0.938. The average molecular weight is 281 g/mol. The van der Waals surface area contributed by atoms with Crippen LogP contribution in [0.5, 0.6) is 0 Å². The highest BCUT2D eigenvalue weighted by Crippen LogP contribution is 2.28. The van der Waals surface area contributed by atoms with Gasteiger partial charge in [-0.3, -0.25) is 0 Å². The van der Waals surface area contributed by atoms with Gasteiger partial charge >= 0.3 is 6.03 Å². The average Bonchev–Trinajstić information content (AvgIpc) is 2.96. The molecule has 0 unspecified atom stereocenters. The van der Waals surface area contributed by atoms with E-state index < -0.39 is 0 Å². The van der Waals surface area contributed by atoms with Crippen LogP contribution < -0.4 is 5.32 Å². The number of hydrogen-bond donors (Lipinski definition) is 1. The summed E-state index contributed by atoms with van der Waals surface area (Å²) in [5, 5.41) is 3.68. The Morgan fingerprint density at radius 1 is 1.15 bits per heavy atom. The van der Waals surface area contributed by atoms with Crippen LogP contribution in [0.25, 0.3) is 0 Å². The quantitative estimate of drug-likeness (QED) is 0.787. The third-order valence-electron chi connectivity index (χ3n) is 4.84. The smallest absolute Gasteiger partial charge is 0.319 e. The number of nitrogens with zero attached hydrogens (tertiary/aromatic N) is 2. The molecule has 0 bridgehead atoms. The summed E-state index contributed by atoms with van der Waals surface area (Å²) in [7, 11) is 3.66. The van der Waals surface area contributed by atoms with Gasteiger partial charge < -0.3 is 15.1 Å². The van der Waals surface area contributed by atoms with Crippen LogP contribution in [0.4, 0.5) is 4.79 Å². The normalized spacial score (nSPS) is 21.4. The largest absolute Gasteiger partial charge is 0.331 e. The molecular formula is C16H31N3O. The fourth-order valence-corrected chi connectivity index (χ4v) is 3.55. The molecular weight excluding hydrogens is 250 g/mol. The van der Waals surface area contributed by atoms with Gasteiger partial charge in [0, 0.05) is 33.2 Å². The van der Waals surface area contributed by atoms with Crippen LogP contribution in [-0.2, 0) is 0 Å². The summed E-state index contributed by atoms with van der Waals surface area (Å²) in [5.41, 5.74) is 0. The van der Waals surface area contributed by atoms with Crippen LogP contribution in [0, 0.1) is 5.92 Å². The lowest BCUT2D eigenvalue weighted by atomic mass is 10.0. The van der Waals surface area contributed by atoms with Crippen LogP contribution in [0.3, 0.4) is 0 Å². The van der Waals surface area contributed by atoms with Crippen molar-refractivity contribution in [2.45, 2.75) is 57.4 Å². The van der Waals surface area contributed by atoms with Gasteiger partial charge in [-0.15, -0.1) is 0 Å². The number of urea groups is 1. The fourth-order valence-electron chi connectivity index (χ4n) is 3.55. The minimum atomic E-state index is 0.157. The molecule has 1 saturated heterocycles. The number of rotatable bonds is 5. The molecule has 116 valence electrons. The summed E-state index contributed by atoms with van der Waals surface area (Å²) in [6.45, 7) is 2.96. The second-order valence-corrected chi connectivity index (χ2v) is 6.69. The van der Waals surface area contributed by atoms with E-state index in [1.807, 2.05) is 19.0 Å². The Labute approximate surface area is 123 Å². The van der Waals surface area contributed by atoms with Crippen LogP contribution in [0.15, 0.2) is 0 Å². The number of nitrogens with one attached hydrogen (secondary N) is 1. The number of likely N-dealkylation sites (tertiary alicyclic amines) is 1. The number of carbonyl (C=O) groups is 1. The highest BCUT2D eigenvalue weighted by atomic mass is 16.2. The lowest BCUT2D eigenvalue weighted by Gasteiger charge is -2.34. The Morgan fingerprint density at radius 2 is 1.80 bits per heavy atom. The molecule has 2 aliphatic rings. The monoisotopic (exact) mass is 281 g/mol. The molecule has 0 aromatic carbocycles. The summed E-state index contributed by atoms with van der Waals surface area (Å²) < 4.78 is 0. The zero-order valence-electron chi connectivity index (χ0n) is 13.2. The van der Waals surface area contributed by atoms with E-state index in [-0.39, 0.29) is 6.03 Å². The first kappa shape index (κ1) is 15.6. The summed E-state index contributed by atoms with van der Waals surface area (Å²) >= 11 is 0. The molecule has 4 heteroatoms. The molecule has 1 N–H and O–H groups in total. The molecule has 0 spiro atoms. The first-order chi connectivity index (χ1) is 9.66. The van der Waals surface area contributed by atoms with Crippen molar-refractivity contribution in [3.8, 4) is 0 Å². The SMILES string of the molecule is CN(C)C(=O)N1CCC(NCCCC2CCCC2)CC1. The molecule has 1 saturated carbocycles. The number of hydrogen-bond acceptors (Lipinski definition) is 2. The van der Waals surface area contributed by atoms with E-state index in [4.69, 9.17) is 0 Å². The lowest BCUT2D eigenvalue weighted by molar-refractivity contribution is 0.152. The third kappa shape index (κ3) is 4.65. The standard InChI is InChI=1S/C16H31N3O/c1-18(2)16(20)19-12-9-15(10-13-19)17-11-5-8-14-6-3-4-7-14/h14-15,17H,3-13H2,1-2H3. The van der Waals surface area contributed by atoms with Gasteiger partial charge in [-0.25, -0.2) is 4.79 Å². The van der Waals surface area contributed by atoms with Gasteiger partial charge in [0.2, 0.25) is 0 Å². The minimum absolute atomic E-state index is 0.157. The van der Waals surface area contributed by atoms with Crippen molar-refractivity contribution in [3.05, 3.63) is 0 Å². The Balaban J connectivity index is 1.54. The van der Waals surface area contributed by atoms with Gasteiger partial charge in [0.1, 0.15) is 0 Å². The Bertz CT molecular complexity index is 292. The first-order valence-electron chi connectivity index (χ1n) is 8.36. The molecule has 0 aromatic heterocycles. The third-order valence-corrected chi connectivity index (χ3v) is 4.84. The maximum atomic E-state index is 11.8. The van der Waals surface area contributed by atoms with Crippen molar-refractivity contribution in [3.63, 3.8) is 0 Å². The number of amides is 2. The highest BCUT2D eigenvalue weighted by molar-refractivity contribution is 5.73. The van der Waals surface area contributed by atoms with E-state index in [2.05, 4.69) is 5.32 Å². The minimum Gasteiger partial charge on any atom is -0.331 e. The van der Waals surface area contributed by atoms with Crippen molar-refractivity contribution < 1.29 is 4.79 Å². The van der Waals surface area contributed by atoms with Crippen molar-refractivity contribution in [1.29, 1.82) is 0 Å². The molecule has 2 amide bonds. The maximum absolute atomic E-state index is 11.8. The van der Waals surface area contributed by atoms with Gasteiger partial charge in [0.25, 0.3) is 0 Å². The van der Waals surface area contributed by atoms with E-state index in [1.165, 1.54) is 38.5 Å². The van der Waals surface area contributed by atoms with E-state index >= 15 is 0 Å². The summed E-state index contributed by atoms with van der Waals surface area (Å²) in [5.74, 6) is 1.01. The van der Waals surface area contributed by atoms with Gasteiger partial charge in [-0.2, -0.15) is 0 Å². The molecule has 0 aromatic rings. The van der Waals surface area contributed by atoms with E-state index in [0.717, 1.165) is 38.4 Å². The molecule has 0 radical (unpaired) electrons. The van der Waals surface area contributed by atoms with Crippen molar-refractivity contribution in [2.75, 3.05) is 33.7 Å². The Kier molecular flexibility index (Phi) is 6.14. The Morgan fingerprint density at radius 3 is 2.40 bits per heavy atom. The first-order valence-corrected chi connectivity index (χ1v) is 8.36. The molecule has 1 aliphatic carbocycles. The molecule has 0 atom stereocenters. The lowest BCUT2D eigenvalue weighted by Crippen LogP contribution is -2.48. The van der Waals surface area contributed by atoms with Crippen LogP contribution in [0.2, 0.25) is 0 Å². The zero-order chi connectivity index (χ0) is 14.4. The van der Waals surface area contributed by atoms with E-state index in [0.29, 0.717) is 6.04 Å². The zero-order valence-corrected chi connectivity index (χ0v) is 13.2. The molecule has 20 heavy (non-hydrogen) atoms. The predicted octanol–water partition coefficient (Wildman–Crippen LogP) is 2.69. The second kappa shape index (κ2) is 7.87. The second-order valence-electron chi connectivity index (χ2n) is 6.69. The topological polar surface area (TPSA) is 35.6 Å². The summed E-state index contributed by atoms with van der Waals surface area (Å²) in [4.78, 5) is 15.5. The van der Waals surface area contributed by atoms with Crippen LogP contribution >= 0.6 is 0 Å². The Hall–Kier alpha value is -0.770. The molecule has 4 nitrogen and oxygen atoms in total. The molecule has 2 rings (SSSR count). The van der Waals surface area contributed by atoms with Gasteiger partial charge in [0.05, 0.1) is 0 Å². The predicted molar refractivity (Wildman–Crippen MR) is 82.9 cm³/mol. The molecule has 2 fully saturated rings. The molecule has 1 heterocycles. The number of piperidine rings is 1.